The number of piperidine rings is 1. The lowest BCUT2D eigenvalue weighted by Gasteiger charge is -2.34. The first-order valence-electron chi connectivity index (χ1n) is 10.5. The Labute approximate surface area is 202 Å². The lowest BCUT2D eigenvalue weighted by Crippen LogP contribution is -2.49. The van der Waals surface area contributed by atoms with Crippen molar-refractivity contribution < 1.29 is 9.47 Å². The average molecular weight is 539 g/mol. The first-order chi connectivity index (χ1) is 14.6. The number of benzene rings is 1. The summed E-state index contributed by atoms with van der Waals surface area (Å²) in [4.78, 5) is 11.1. The number of methoxy groups -OCH3 is 2. The van der Waals surface area contributed by atoms with E-state index in [0.29, 0.717) is 6.04 Å². The molecule has 1 fully saturated rings. The Balaban J connectivity index is 0.00000341. The first kappa shape index (κ1) is 25.0. The smallest absolute Gasteiger partial charge is 0.191 e. The minimum absolute atomic E-state index is 0. The fourth-order valence-corrected chi connectivity index (χ4v) is 3.62. The summed E-state index contributed by atoms with van der Waals surface area (Å²) in [7, 11) is 5.19. The van der Waals surface area contributed by atoms with E-state index in [1.807, 2.05) is 32.3 Å². The van der Waals surface area contributed by atoms with Crippen LogP contribution in [0.4, 0.5) is 5.69 Å². The number of nitrogens with one attached hydrogen (secondary N) is 2. The lowest BCUT2D eigenvalue weighted by atomic mass is 10.0. The number of aryl methyl sites for hydroxylation is 1. The van der Waals surface area contributed by atoms with E-state index in [2.05, 4.69) is 43.7 Å². The van der Waals surface area contributed by atoms with Crippen LogP contribution in [0.2, 0.25) is 0 Å². The molecule has 2 N–H and O–H groups in total. The first-order valence-corrected chi connectivity index (χ1v) is 10.5. The maximum absolute atomic E-state index is 5.40. The monoisotopic (exact) mass is 539 g/mol. The van der Waals surface area contributed by atoms with Gasteiger partial charge in [0.25, 0.3) is 0 Å². The van der Waals surface area contributed by atoms with Crippen molar-refractivity contribution >= 4 is 35.6 Å². The third-order valence-corrected chi connectivity index (χ3v) is 5.44. The summed E-state index contributed by atoms with van der Waals surface area (Å²) in [6.45, 7) is 4.77. The van der Waals surface area contributed by atoms with Crippen LogP contribution in [0, 0.1) is 6.92 Å². The highest BCUT2D eigenvalue weighted by atomic mass is 127. The van der Waals surface area contributed by atoms with Gasteiger partial charge in [-0.1, -0.05) is 6.07 Å². The van der Waals surface area contributed by atoms with Gasteiger partial charge in [0.15, 0.2) is 5.96 Å². The van der Waals surface area contributed by atoms with E-state index >= 15 is 0 Å². The van der Waals surface area contributed by atoms with E-state index < -0.39 is 0 Å². The molecule has 3 rings (SSSR count). The molecule has 0 saturated carbocycles. The number of anilines is 1. The fraction of sp³-hybridized carbons (Fsp3) is 0.478. The van der Waals surface area contributed by atoms with Crippen molar-refractivity contribution in [2.45, 2.75) is 32.2 Å². The highest BCUT2D eigenvalue weighted by Gasteiger charge is 2.21. The van der Waals surface area contributed by atoms with Gasteiger partial charge in [-0.2, -0.15) is 0 Å². The summed E-state index contributed by atoms with van der Waals surface area (Å²) in [5.74, 6) is 2.49. The maximum Gasteiger partial charge on any atom is 0.191 e. The van der Waals surface area contributed by atoms with E-state index in [0.717, 1.165) is 67.7 Å². The zero-order chi connectivity index (χ0) is 21.3. The molecule has 1 saturated heterocycles. The average Bonchev–Trinajstić information content (AvgIpc) is 2.79. The van der Waals surface area contributed by atoms with Gasteiger partial charge in [0, 0.05) is 68.5 Å². The van der Waals surface area contributed by atoms with Crippen LogP contribution in [0.1, 0.15) is 24.1 Å². The molecule has 2 heterocycles. The number of nitrogens with zero attached hydrogens (tertiary/aromatic N) is 3. The van der Waals surface area contributed by atoms with Crippen LogP contribution in [0.15, 0.2) is 41.5 Å². The topological polar surface area (TPSA) is 71.0 Å². The fourth-order valence-electron chi connectivity index (χ4n) is 3.62. The number of aliphatic imine (C=N–C) groups is 1. The van der Waals surface area contributed by atoms with Gasteiger partial charge >= 0.3 is 0 Å². The highest BCUT2D eigenvalue weighted by Crippen LogP contribution is 2.30. The van der Waals surface area contributed by atoms with Gasteiger partial charge in [-0.3, -0.25) is 9.98 Å². The molecular formula is C23H34IN5O2. The van der Waals surface area contributed by atoms with Crippen molar-refractivity contribution in [3.63, 3.8) is 0 Å². The molecule has 0 aliphatic carbocycles. The molecule has 0 atom stereocenters. The summed E-state index contributed by atoms with van der Waals surface area (Å²) < 4.78 is 10.8. The van der Waals surface area contributed by atoms with Crippen molar-refractivity contribution in [2.24, 2.45) is 4.99 Å². The van der Waals surface area contributed by atoms with E-state index in [-0.39, 0.29) is 24.0 Å². The van der Waals surface area contributed by atoms with Crippen LogP contribution in [-0.2, 0) is 6.42 Å². The Morgan fingerprint density at radius 3 is 2.35 bits per heavy atom. The zero-order valence-corrected chi connectivity index (χ0v) is 21.2. The third kappa shape index (κ3) is 7.45. The quantitative estimate of drug-likeness (QED) is 0.320. The third-order valence-electron chi connectivity index (χ3n) is 5.44. The number of ether oxygens (including phenoxy) is 2. The van der Waals surface area contributed by atoms with Crippen LogP contribution in [0.3, 0.4) is 0 Å². The molecule has 0 spiro atoms. The van der Waals surface area contributed by atoms with Gasteiger partial charge in [0.05, 0.1) is 14.2 Å². The summed E-state index contributed by atoms with van der Waals surface area (Å²) >= 11 is 0. The predicted molar refractivity (Wildman–Crippen MR) is 137 cm³/mol. The molecule has 1 aromatic heterocycles. The van der Waals surface area contributed by atoms with Gasteiger partial charge in [-0.15, -0.1) is 24.0 Å². The number of pyridine rings is 1. The molecule has 0 unspecified atom stereocenters. The van der Waals surface area contributed by atoms with Crippen molar-refractivity contribution in [2.75, 3.05) is 45.8 Å². The van der Waals surface area contributed by atoms with E-state index in [1.54, 1.807) is 14.2 Å². The standard InChI is InChI=1S/C23H33N5O2.HI/c1-17-5-6-18(16-26-17)7-10-25-23(24-2)27-19-8-11-28(12-9-19)20-13-21(29-3)15-22(14-20)30-4;/h5-6,13-16,19H,7-12H2,1-4H3,(H2,24,25,27);1H. The summed E-state index contributed by atoms with van der Waals surface area (Å²) in [6.07, 6.45) is 4.95. The zero-order valence-electron chi connectivity index (χ0n) is 18.9. The molecule has 0 bridgehead atoms. The number of guanidine groups is 1. The molecule has 1 aliphatic heterocycles. The molecule has 2 aromatic rings. The van der Waals surface area contributed by atoms with Crippen molar-refractivity contribution in [1.29, 1.82) is 0 Å². The molecule has 1 aliphatic rings. The van der Waals surface area contributed by atoms with Gasteiger partial charge in [-0.05, 0) is 37.8 Å². The Kier molecular flexibility index (Phi) is 10.2. The molecule has 7 nitrogen and oxygen atoms in total. The lowest BCUT2D eigenvalue weighted by molar-refractivity contribution is 0.393. The summed E-state index contributed by atoms with van der Waals surface area (Å²) in [5, 5.41) is 6.98. The van der Waals surface area contributed by atoms with Crippen LogP contribution >= 0.6 is 24.0 Å². The number of hydrogen-bond acceptors (Lipinski definition) is 5. The second kappa shape index (κ2) is 12.6. The molecule has 1 aromatic carbocycles. The largest absolute Gasteiger partial charge is 0.497 e. The van der Waals surface area contributed by atoms with Crippen LogP contribution in [0.5, 0.6) is 11.5 Å². The molecule has 0 amide bonds. The van der Waals surface area contributed by atoms with E-state index in [1.165, 1.54) is 5.56 Å². The maximum atomic E-state index is 5.40. The second-order valence-electron chi connectivity index (χ2n) is 7.53. The number of hydrogen-bond donors (Lipinski definition) is 2. The predicted octanol–water partition coefficient (Wildman–Crippen LogP) is 3.40. The van der Waals surface area contributed by atoms with Gasteiger partial charge in [0.1, 0.15) is 11.5 Å². The van der Waals surface area contributed by atoms with Gasteiger partial charge < -0.3 is 25.0 Å². The number of aromatic nitrogens is 1. The van der Waals surface area contributed by atoms with Gasteiger partial charge in [0.2, 0.25) is 0 Å². The molecular weight excluding hydrogens is 505 g/mol. The van der Waals surface area contributed by atoms with Crippen molar-refractivity contribution in [1.82, 2.24) is 15.6 Å². The number of halogens is 1. The summed E-state index contributed by atoms with van der Waals surface area (Å²) in [5.41, 5.74) is 3.41. The molecule has 0 radical (unpaired) electrons. The molecule has 31 heavy (non-hydrogen) atoms. The van der Waals surface area contributed by atoms with E-state index in [4.69, 9.17) is 9.47 Å². The molecule has 8 heteroatoms. The Morgan fingerprint density at radius 1 is 1.13 bits per heavy atom. The second-order valence-corrected chi connectivity index (χ2v) is 7.53. The van der Waals surface area contributed by atoms with Crippen LogP contribution in [0.25, 0.3) is 0 Å². The normalized spacial score (nSPS) is 14.6. The molecule has 170 valence electrons. The van der Waals surface area contributed by atoms with Crippen molar-refractivity contribution in [3.05, 3.63) is 47.8 Å². The minimum atomic E-state index is 0. The Hall–Kier alpha value is -2.23. The van der Waals surface area contributed by atoms with Crippen LogP contribution < -0.4 is 25.0 Å². The van der Waals surface area contributed by atoms with Crippen molar-refractivity contribution in [3.8, 4) is 11.5 Å². The minimum Gasteiger partial charge on any atom is -0.497 e. The Morgan fingerprint density at radius 2 is 1.81 bits per heavy atom. The summed E-state index contributed by atoms with van der Waals surface area (Å²) in [6, 6.07) is 10.6. The Bertz CT molecular complexity index is 814. The van der Waals surface area contributed by atoms with Crippen LogP contribution in [-0.4, -0.2) is 57.9 Å². The van der Waals surface area contributed by atoms with E-state index in [9.17, 15) is 0 Å². The van der Waals surface area contributed by atoms with Gasteiger partial charge in [-0.25, -0.2) is 0 Å². The highest BCUT2D eigenvalue weighted by molar-refractivity contribution is 14.0. The number of rotatable bonds is 7. The SMILES string of the molecule is CN=C(NCCc1ccc(C)nc1)NC1CCN(c2cc(OC)cc(OC)c2)CC1.I.